The van der Waals surface area contributed by atoms with Gasteiger partial charge in [0.15, 0.2) is 0 Å². The first kappa shape index (κ1) is 11.6. The minimum Gasteiger partial charge on any atom is -0.371 e. The molecule has 1 aliphatic rings. The van der Waals surface area contributed by atoms with Crippen LogP contribution in [0.25, 0.3) is 10.9 Å². The van der Waals surface area contributed by atoms with Gasteiger partial charge >= 0.3 is 0 Å². The van der Waals surface area contributed by atoms with E-state index in [1.807, 2.05) is 0 Å². The zero-order valence-corrected chi connectivity index (χ0v) is 10.6. The number of nitrogens with zero attached hydrogens (tertiary/aromatic N) is 1. The first-order valence-electron chi connectivity index (χ1n) is 6.53. The van der Waals surface area contributed by atoms with E-state index < -0.39 is 0 Å². The summed E-state index contributed by atoms with van der Waals surface area (Å²) in [5.74, 6) is 0. The minimum atomic E-state index is 0.129. The summed E-state index contributed by atoms with van der Waals surface area (Å²) >= 11 is 0. The van der Waals surface area contributed by atoms with Crippen molar-refractivity contribution >= 4 is 10.9 Å². The molecule has 1 aliphatic heterocycles. The van der Waals surface area contributed by atoms with Gasteiger partial charge in [0.2, 0.25) is 0 Å². The maximum Gasteiger partial charge on any atom is 0.101 e. The highest BCUT2D eigenvalue weighted by Gasteiger charge is 2.16. The number of aromatic nitrogens is 1. The van der Waals surface area contributed by atoms with Crippen molar-refractivity contribution in [3.05, 3.63) is 41.6 Å². The van der Waals surface area contributed by atoms with Crippen LogP contribution in [0.5, 0.6) is 0 Å². The van der Waals surface area contributed by atoms with Gasteiger partial charge in [-0.1, -0.05) is 24.3 Å². The molecule has 1 aromatic carbocycles. The normalized spacial score (nSPS) is 20.8. The highest BCUT2D eigenvalue weighted by Crippen LogP contribution is 2.24. The molecule has 94 valence electrons. The van der Waals surface area contributed by atoms with Crippen molar-refractivity contribution in [2.75, 3.05) is 19.7 Å². The second-order valence-corrected chi connectivity index (χ2v) is 4.78. The zero-order valence-electron chi connectivity index (χ0n) is 10.6. The fraction of sp³-hybridized carbons (Fsp3) is 0.400. The van der Waals surface area contributed by atoms with Crippen LogP contribution in [0.1, 0.15) is 23.8 Å². The molecular formula is C15H18N2O. The standard InChI is InChI=1S/C15H18N2O/c1-11-3-2-4-12-5-6-13(17-15(11)12)14-7-8-16-9-10-18-14/h2-6,14,16H,7-10H2,1H3. The quantitative estimate of drug-likeness (QED) is 0.834. The summed E-state index contributed by atoms with van der Waals surface area (Å²) in [6.07, 6.45) is 1.12. The lowest BCUT2D eigenvalue weighted by Gasteiger charge is -2.14. The molecule has 0 saturated carbocycles. The molecule has 1 atom stereocenters. The Morgan fingerprint density at radius 1 is 1.22 bits per heavy atom. The monoisotopic (exact) mass is 242 g/mol. The fourth-order valence-electron chi connectivity index (χ4n) is 2.44. The largest absolute Gasteiger partial charge is 0.371 e. The molecule has 1 N–H and O–H groups in total. The lowest BCUT2D eigenvalue weighted by atomic mass is 10.1. The Hall–Kier alpha value is -1.45. The zero-order chi connectivity index (χ0) is 12.4. The first-order valence-corrected chi connectivity index (χ1v) is 6.53. The maximum atomic E-state index is 5.85. The minimum absolute atomic E-state index is 0.129. The van der Waals surface area contributed by atoms with Crippen molar-refractivity contribution in [1.29, 1.82) is 0 Å². The second-order valence-electron chi connectivity index (χ2n) is 4.78. The van der Waals surface area contributed by atoms with E-state index in [2.05, 4.69) is 42.6 Å². The molecule has 3 nitrogen and oxygen atoms in total. The molecule has 18 heavy (non-hydrogen) atoms. The van der Waals surface area contributed by atoms with Gasteiger partial charge in [-0.15, -0.1) is 0 Å². The highest BCUT2D eigenvalue weighted by atomic mass is 16.5. The average Bonchev–Trinajstić information content (AvgIpc) is 2.68. The number of hydrogen-bond donors (Lipinski definition) is 1. The predicted octanol–water partition coefficient (Wildman–Crippen LogP) is 2.59. The van der Waals surface area contributed by atoms with Gasteiger partial charge in [-0.25, -0.2) is 4.98 Å². The van der Waals surface area contributed by atoms with Crippen molar-refractivity contribution < 1.29 is 4.74 Å². The van der Waals surface area contributed by atoms with Crippen LogP contribution in [-0.4, -0.2) is 24.7 Å². The molecular weight excluding hydrogens is 224 g/mol. The Morgan fingerprint density at radius 3 is 3.11 bits per heavy atom. The number of rotatable bonds is 1. The molecule has 1 saturated heterocycles. The van der Waals surface area contributed by atoms with E-state index in [0.717, 1.165) is 37.3 Å². The molecule has 0 radical (unpaired) electrons. The number of aryl methyl sites for hydroxylation is 1. The van der Waals surface area contributed by atoms with Gasteiger partial charge < -0.3 is 10.1 Å². The Labute approximate surface area is 107 Å². The van der Waals surface area contributed by atoms with Crippen molar-refractivity contribution in [3.63, 3.8) is 0 Å². The number of fused-ring (bicyclic) bond motifs is 1. The molecule has 1 aromatic heterocycles. The van der Waals surface area contributed by atoms with E-state index in [4.69, 9.17) is 9.72 Å². The van der Waals surface area contributed by atoms with Crippen molar-refractivity contribution in [1.82, 2.24) is 10.3 Å². The van der Waals surface area contributed by atoms with Crippen LogP contribution < -0.4 is 5.32 Å². The van der Waals surface area contributed by atoms with Gasteiger partial charge in [-0.05, 0) is 31.5 Å². The highest BCUT2D eigenvalue weighted by molar-refractivity contribution is 5.81. The molecule has 0 bridgehead atoms. The van der Waals surface area contributed by atoms with Gasteiger partial charge in [0, 0.05) is 11.9 Å². The van der Waals surface area contributed by atoms with Gasteiger partial charge in [0.05, 0.1) is 17.8 Å². The Bertz CT molecular complexity index is 545. The summed E-state index contributed by atoms with van der Waals surface area (Å²) in [6, 6.07) is 10.5. The summed E-state index contributed by atoms with van der Waals surface area (Å²) in [6.45, 7) is 4.80. The van der Waals surface area contributed by atoms with E-state index in [-0.39, 0.29) is 6.10 Å². The number of para-hydroxylation sites is 1. The average molecular weight is 242 g/mol. The van der Waals surface area contributed by atoms with Gasteiger partial charge in [0.25, 0.3) is 0 Å². The van der Waals surface area contributed by atoms with Crippen LogP contribution >= 0.6 is 0 Å². The Morgan fingerprint density at radius 2 is 2.17 bits per heavy atom. The molecule has 2 aromatic rings. The van der Waals surface area contributed by atoms with Crippen LogP contribution in [0.4, 0.5) is 0 Å². The van der Waals surface area contributed by atoms with Crippen LogP contribution in [0, 0.1) is 6.92 Å². The molecule has 3 rings (SSSR count). The summed E-state index contributed by atoms with van der Waals surface area (Å²) in [5.41, 5.74) is 3.37. The van der Waals surface area contributed by atoms with Crippen LogP contribution in [0.3, 0.4) is 0 Å². The van der Waals surface area contributed by atoms with Crippen LogP contribution in [-0.2, 0) is 4.74 Å². The number of ether oxygens (including phenoxy) is 1. The van der Waals surface area contributed by atoms with Gasteiger partial charge in [0.1, 0.15) is 6.10 Å². The molecule has 1 unspecified atom stereocenters. The number of nitrogens with one attached hydrogen (secondary N) is 1. The molecule has 0 aliphatic carbocycles. The van der Waals surface area contributed by atoms with Crippen LogP contribution in [0.2, 0.25) is 0 Å². The van der Waals surface area contributed by atoms with Gasteiger partial charge in [-0.3, -0.25) is 0 Å². The third kappa shape index (κ3) is 2.24. The van der Waals surface area contributed by atoms with Gasteiger partial charge in [-0.2, -0.15) is 0 Å². The first-order chi connectivity index (χ1) is 8.84. The smallest absolute Gasteiger partial charge is 0.101 e. The molecule has 1 fully saturated rings. The van der Waals surface area contributed by atoms with Crippen LogP contribution in [0.15, 0.2) is 30.3 Å². The third-order valence-electron chi connectivity index (χ3n) is 3.45. The lowest BCUT2D eigenvalue weighted by molar-refractivity contribution is 0.0616. The summed E-state index contributed by atoms with van der Waals surface area (Å²) in [7, 11) is 0. The third-order valence-corrected chi connectivity index (χ3v) is 3.45. The van der Waals surface area contributed by atoms with E-state index in [1.165, 1.54) is 10.9 Å². The van der Waals surface area contributed by atoms with Crippen molar-refractivity contribution in [2.45, 2.75) is 19.4 Å². The summed E-state index contributed by atoms with van der Waals surface area (Å²) in [4.78, 5) is 4.79. The van der Waals surface area contributed by atoms with Crippen molar-refractivity contribution in [3.8, 4) is 0 Å². The Kier molecular flexibility index (Phi) is 3.26. The van der Waals surface area contributed by atoms with E-state index in [1.54, 1.807) is 0 Å². The molecule has 2 heterocycles. The molecule has 0 amide bonds. The molecule has 3 heteroatoms. The van der Waals surface area contributed by atoms with E-state index in [0.29, 0.717) is 0 Å². The predicted molar refractivity (Wildman–Crippen MR) is 72.7 cm³/mol. The summed E-state index contributed by atoms with van der Waals surface area (Å²) < 4.78 is 5.85. The number of pyridine rings is 1. The number of benzene rings is 1. The SMILES string of the molecule is Cc1cccc2ccc(C3CCNCCO3)nc12. The maximum absolute atomic E-state index is 5.85. The van der Waals surface area contributed by atoms with Crippen molar-refractivity contribution in [2.24, 2.45) is 0 Å². The van der Waals surface area contributed by atoms with E-state index in [9.17, 15) is 0 Å². The molecule has 0 spiro atoms. The lowest BCUT2D eigenvalue weighted by Crippen LogP contribution is -2.16. The second kappa shape index (κ2) is 5.04. The topological polar surface area (TPSA) is 34.1 Å². The van der Waals surface area contributed by atoms with E-state index >= 15 is 0 Å². The summed E-state index contributed by atoms with van der Waals surface area (Å²) in [5, 5.41) is 4.54. The number of hydrogen-bond acceptors (Lipinski definition) is 3. The Balaban J connectivity index is 1.99. The fourth-order valence-corrected chi connectivity index (χ4v) is 2.44.